The standard InChI is InChI=1S/C19H30N2O6S2/c1-27-18(24)10-9-17(23)21-15(19(25)26)7-4-5-12-20-16(22)8-3-2-6-14-11-13-28-29-14/h9-10,14-15H,2-8,11-13H2,1H3,(H,20,22)(H,21,23)(H,25,26)/t14-,15?/m1/s1. The minimum absolute atomic E-state index is 0.0227. The lowest BCUT2D eigenvalue weighted by atomic mass is 10.1. The summed E-state index contributed by atoms with van der Waals surface area (Å²) in [5.41, 5.74) is 0. The van der Waals surface area contributed by atoms with Crippen LogP contribution in [-0.4, -0.2) is 59.6 Å². The van der Waals surface area contributed by atoms with Gasteiger partial charge in [0.2, 0.25) is 11.8 Å². The summed E-state index contributed by atoms with van der Waals surface area (Å²) in [4.78, 5) is 45.6. The Morgan fingerprint density at radius 3 is 2.62 bits per heavy atom. The summed E-state index contributed by atoms with van der Waals surface area (Å²) in [6.45, 7) is 0.483. The van der Waals surface area contributed by atoms with Gasteiger partial charge in [-0.25, -0.2) is 9.59 Å². The van der Waals surface area contributed by atoms with Crippen LogP contribution in [0.25, 0.3) is 0 Å². The molecular weight excluding hydrogens is 416 g/mol. The van der Waals surface area contributed by atoms with Crippen LogP contribution in [0, 0.1) is 0 Å². The molecule has 0 radical (unpaired) electrons. The number of nitrogens with one attached hydrogen (secondary N) is 2. The lowest BCUT2D eigenvalue weighted by molar-refractivity contribution is -0.141. The molecular formula is C19H30N2O6S2. The number of hydrogen-bond acceptors (Lipinski definition) is 7. The van der Waals surface area contributed by atoms with Crippen LogP contribution in [0.1, 0.15) is 51.4 Å². The number of rotatable bonds is 14. The van der Waals surface area contributed by atoms with Crippen molar-refractivity contribution in [3.8, 4) is 0 Å². The number of esters is 1. The number of unbranched alkanes of at least 4 members (excludes halogenated alkanes) is 2. The van der Waals surface area contributed by atoms with E-state index in [9.17, 15) is 24.3 Å². The smallest absolute Gasteiger partial charge is 0.330 e. The number of carboxylic acids is 1. The molecule has 0 aromatic rings. The van der Waals surface area contributed by atoms with Crippen molar-refractivity contribution in [2.45, 2.75) is 62.7 Å². The second kappa shape index (κ2) is 15.2. The lowest BCUT2D eigenvalue weighted by Gasteiger charge is -2.13. The van der Waals surface area contributed by atoms with E-state index < -0.39 is 23.9 Å². The number of carbonyl (C=O) groups excluding carboxylic acids is 3. The second-order valence-electron chi connectivity index (χ2n) is 6.68. The third kappa shape index (κ3) is 12.5. The van der Waals surface area contributed by atoms with Gasteiger partial charge in [-0.1, -0.05) is 28.0 Å². The molecule has 0 aromatic heterocycles. The van der Waals surface area contributed by atoms with Gasteiger partial charge in [0.05, 0.1) is 7.11 Å². The van der Waals surface area contributed by atoms with Crippen LogP contribution in [-0.2, 0) is 23.9 Å². The Hall–Kier alpha value is -1.68. The van der Waals surface area contributed by atoms with E-state index in [1.807, 2.05) is 21.6 Å². The highest BCUT2D eigenvalue weighted by Crippen LogP contribution is 2.39. The van der Waals surface area contributed by atoms with Gasteiger partial charge < -0.3 is 20.5 Å². The zero-order chi connectivity index (χ0) is 21.5. The zero-order valence-corrected chi connectivity index (χ0v) is 18.3. The van der Waals surface area contributed by atoms with Gasteiger partial charge in [-0.15, -0.1) is 0 Å². The third-order valence-corrected chi connectivity index (χ3v) is 7.34. The number of carbonyl (C=O) groups is 4. The van der Waals surface area contributed by atoms with E-state index in [4.69, 9.17) is 0 Å². The molecule has 0 aromatic carbocycles. The molecule has 1 saturated heterocycles. The first-order valence-corrected chi connectivity index (χ1v) is 12.1. The van der Waals surface area contributed by atoms with Gasteiger partial charge in [0.15, 0.2) is 0 Å². The fourth-order valence-corrected chi connectivity index (χ4v) is 5.73. The largest absolute Gasteiger partial charge is 0.480 e. The fourth-order valence-electron chi connectivity index (χ4n) is 2.70. The van der Waals surface area contributed by atoms with Crippen LogP contribution in [0.4, 0.5) is 0 Å². The minimum atomic E-state index is -1.15. The van der Waals surface area contributed by atoms with Crippen molar-refractivity contribution < 1.29 is 29.0 Å². The van der Waals surface area contributed by atoms with E-state index in [0.717, 1.165) is 30.2 Å². The van der Waals surface area contributed by atoms with Gasteiger partial charge in [0, 0.05) is 36.1 Å². The Morgan fingerprint density at radius 1 is 1.17 bits per heavy atom. The molecule has 10 heteroatoms. The van der Waals surface area contributed by atoms with Crippen molar-refractivity contribution in [2.24, 2.45) is 0 Å². The first-order valence-electron chi connectivity index (χ1n) is 9.76. The van der Waals surface area contributed by atoms with E-state index in [0.29, 0.717) is 25.8 Å². The molecule has 0 bridgehead atoms. The van der Waals surface area contributed by atoms with Crippen LogP contribution in [0.2, 0.25) is 0 Å². The van der Waals surface area contributed by atoms with Crippen LogP contribution in [0.3, 0.4) is 0 Å². The molecule has 1 aliphatic heterocycles. The Kier molecular flexibility index (Phi) is 13.3. The predicted octanol–water partition coefficient (Wildman–Crippen LogP) is 2.29. The normalized spacial score (nSPS) is 17.1. The van der Waals surface area contributed by atoms with Gasteiger partial charge >= 0.3 is 11.9 Å². The van der Waals surface area contributed by atoms with E-state index in [1.54, 1.807) is 0 Å². The minimum Gasteiger partial charge on any atom is -0.480 e. The summed E-state index contributed by atoms with van der Waals surface area (Å²) in [5, 5.41) is 15.1. The Morgan fingerprint density at radius 2 is 1.97 bits per heavy atom. The summed E-state index contributed by atoms with van der Waals surface area (Å²) in [7, 11) is 5.06. The van der Waals surface area contributed by atoms with Crippen molar-refractivity contribution in [3.05, 3.63) is 12.2 Å². The van der Waals surface area contributed by atoms with Gasteiger partial charge in [-0.2, -0.15) is 0 Å². The molecule has 2 amide bonds. The van der Waals surface area contributed by atoms with E-state index in [1.165, 1.54) is 25.7 Å². The summed E-state index contributed by atoms with van der Waals surface area (Å²) < 4.78 is 4.36. The molecule has 1 heterocycles. The number of aliphatic carboxylic acids is 1. The first-order chi connectivity index (χ1) is 13.9. The quantitative estimate of drug-likeness (QED) is 0.161. The van der Waals surface area contributed by atoms with Crippen LogP contribution in [0.15, 0.2) is 12.2 Å². The molecule has 29 heavy (non-hydrogen) atoms. The second-order valence-corrected chi connectivity index (χ2v) is 9.46. The fraction of sp³-hybridized carbons (Fsp3) is 0.684. The molecule has 0 spiro atoms. The summed E-state index contributed by atoms with van der Waals surface area (Å²) in [6, 6.07) is -1.05. The highest BCUT2D eigenvalue weighted by Gasteiger charge is 2.18. The average Bonchev–Trinajstić information content (AvgIpc) is 3.21. The molecule has 1 unspecified atom stereocenters. The molecule has 0 aliphatic carbocycles. The maximum atomic E-state index is 11.8. The number of amides is 2. The van der Waals surface area contributed by atoms with Crippen molar-refractivity contribution in [2.75, 3.05) is 19.4 Å². The monoisotopic (exact) mass is 446 g/mol. The predicted molar refractivity (Wildman–Crippen MR) is 115 cm³/mol. The number of hydrogen-bond donors (Lipinski definition) is 3. The van der Waals surface area contributed by atoms with Crippen molar-refractivity contribution >= 4 is 45.3 Å². The van der Waals surface area contributed by atoms with Crippen molar-refractivity contribution in [1.29, 1.82) is 0 Å². The first kappa shape index (κ1) is 25.4. The van der Waals surface area contributed by atoms with E-state index in [-0.39, 0.29) is 12.3 Å². The van der Waals surface area contributed by atoms with Crippen molar-refractivity contribution in [3.63, 3.8) is 0 Å². The maximum Gasteiger partial charge on any atom is 0.330 e. The maximum absolute atomic E-state index is 11.8. The third-order valence-electron chi connectivity index (χ3n) is 4.34. The zero-order valence-electron chi connectivity index (χ0n) is 16.7. The molecule has 1 fully saturated rings. The summed E-state index contributed by atoms with van der Waals surface area (Å²) in [5.74, 6) is -1.26. The van der Waals surface area contributed by atoms with Gasteiger partial charge in [-0.3, -0.25) is 9.59 Å². The Bertz CT molecular complexity index is 579. The topological polar surface area (TPSA) is 122 Å². The SMILES string of the molecule is COC(=O)C=CC(=O)NC(CCCCNC(=O)CCCC[C@@H]1CCSS1)C(=O)O. The Labute approximate surface area is 179 Å². The highest BCUT2D eigenvalue weighted by molar-refractivity contribution is 8.77. The van der Waals surface area contributed by atoms with E-state index >= 15 is 0 Å². The van der Waals surface area contributed by atoms with Gasteiger partial charge in [-0.05, 0) is 38.5 Å². The molecule has 0 saturated carbocycles. The number of methoxy groups -OCH3 is 1. The number of carboxylic acid groups (broad SMARTS) is 1. The van der Waals surface area contributed by atoms with Crippen molar-refractivity contribution in [1.82, 2.24) is 10.6 Å². The number of ether oxygens (including phenoxy) is 1. The van der Waals surface area contributed by atoms with Crippen LogP contribution in [0.5, 0.6) is 0 Å². The highest BCUT2D eigenvalue weighted by atomic mass is 33.1. The van der Waals surface area contributed by atoms with E-state index in [2.05, 4.69) is 15.4 Å². The molecule has 8 nitrogen and oxygen atoms in total. The van der Waals surface area contributed by atoms with Crippen LogP contribution < -0.4 is 10.6 Å². The summed E-state index contributed by atoms with van der Waals surface area (Å²) >= 11 is 0. The Balaban J connectivity index is 2.11. The van der Waals surface area contributed by atoms with Gasteiger partial charge in [0.25, 0.3) is 0 Å². The van der Waals surface area contributed by atoms with Crippen LogP contribution >= 0.6 is 21.6 Å². The molecule has 1 aliphatic rings. The molecule has 1 rings (SSSR count). The molecule has 164 valence electrons. The lowest BCUT2D eigenvalue weighted by Crippen LogP contribution is -2.40. The average molecular weight is 447 g/mol. The summed E-state index contributed by atoms with van der Waals surface area (Å²) in [6.07, 6.45) is 8.17. The van der Waals surface area contributed by atoms with Gasteiger partial charge in [0.1, 0.15) is 6.04 Å². The molecule has 3 N–H and O–H groups in total. The molecule has 2 atom stereocenters.